The molecule has 1 aliphatic rings. The molecular weight excluding hydrogens is 340 g/mol. The Bertz CT molecular complexity index is 872. The lowest BCUT2D eigenvalue weighted by Crippen LogP contribution is -3.15. The monoisotopic (exact) mass is 371 g/mol. The molecule has 0 saturated carbocycles. The molecule has 146 valence electrons. The molecule has 27 heavy (non-hydrogen) atoms. The Hall–Kier alpha value is -2.14. The van der Waals surface area contributed by atoms with Gasteiger partial charge in [0.05, 0.1) is 30.3 Å². The van der Waals surface area contributed by atoms with Gasteiger partial charge in [-0.2, -0.15) is 0 Å². The number of rotatable bonds is 6. The van der Waals surface area contributed by atoms with Crippen LogP contribution in [0.25, 0.3) is 10.9 Å². The molecule has 1 fully saturated rings. The van der Waals surface area contributed by atoms with Crippen molar-refractivity contribution in [1.82, 2.24) is 4.98 Å². The minimum atomic E-state index is -0.368. The first-order valence-electron chi connectivity index (χ1n) is 10.2. The molecule has 1 aliphatic heterocycles. The van der Waals surface area contributed by atoms with Crippen LogP contribution in [0.3, 0.4) is 0 Å². The van der Waals surface area contributed by atoms with Gasteiger partial charge in [0.2, 0.25) is 0 Å². The molecule has 1 unspecified atom stereocenters. The third kappa shape index (κ3) is 4.24. The van der Waals surface area contributed by atoms with Crippen molar-refractivity contribution in [2.45, 2.75) is 65.5 Å². The molecule has 1 aromatic carbocycles. The number of carbonyl (C=O) groups is 1. The smallest absolute Gasteiger partial charge is 0.338 e. The fourth-order valence-electron chi connectivity index (χ4n) is 4.17. The second-order valence-electron chi connectivity index (χ2n) is 7.64. The van der Waals surface area contributed by atoms with Crippen LogP contribution < -0.4 is 10.3 Å². The van der Waals surface area contributed by atoms with E-state index in [9.17, 15) is 9.59 Å². The third-order valence-corrected chi connectivity index (χ3v) is 5.76. The third-order valence-electron chi connectivity index (χ3n) is 5.76. The van der Waals surface area contributed by atoms with Crippen molar-refractivity contribution in [2.24, 2.45) is 0 Å². The molecule has 5 heteroatoms. The quantitative estimate of drug-likeness (QED) is 0.768. The van der Waals surface area contributed by atoms with Crippen LogP contribution in [-0.2, 0) is 11.3 Å². The fraction of sp³-hybridized carbons (Fsp3) is 0.545. The molecule has 2 N–H and O–H groups in total. The van der Waals surface area contributed by atoms with Gasteiger partial charge < -0.3 is 14.6 Å². The Morgan fingerprint density at radius 1 is 1.30 bits per heavy atom. The number of fused-ring (bicyclic) bond motifs is 1. The zero-order valence-electron chi connectivity index (χ0n) is 16.7. The predicted molar refractivity (Wildman–Crippen MR) is 107 cm³/mol. The van der Waals surface area contributed by atoms with Gasteiger partial charge in [-0.3, -0.25) is 4.79 Å². The van der Waals surface area contributed by atoms with Crippen molar-refractivity contribution >= 4 is 16.9 Å². The summed E-state index contributed by atoms with van der Waals surface area (Å²) in [5.74, 6) is -0.368. The number of ether oxygens (including phenoxy) is 1. The molecule has 2 atom stereocenters. The summed E-state index contributed by atoms with van der Waals surface area (Å²) in [5.41, 5.74) is 3.03. The Morgan fingerprint density at radius 3 is 2.85 bits per heavy atom. The summed E-state index contributed by atoms with van der Waals surface area (Å²) >= 11 is 0. The van der Waals surface area contributed by atoms with Crippen LogP contribution in [0.15, 0.2) is 23.0 Å². The number of carbonyl (C=O) groups excluding carboxylic acids is 1. The lowest BCUT2D eigenvalue weighted by atomic mass is 9.98. The highest BCUT2D eigenvalue weighted by Crippen LogP contribution is 2.15. The van der Waals surface area contributed by atoms with E-state index in [1.165, 1.54) is 24.2 Å². The van der Waals surface area contributed by atoms with E-state index in [1.54, 1.807) is 18.2 Å². The van der Waals surface area contributed by atoms with Gasteiger partial charge in [-0.25, -0.2) is 4.79 Å². The van der Waals surface area contributed by atoms with Crippen molar-refractivity contribution in [3.63, 3.8) is 0 Å². The Balaban J connectivity index is 1.95. The first-order chi connectivity index (χ1) is 13.0. The lowest BCUT2D eigenvalue weighted by Gasteiger charge is -2.32. The SMILES string of the molecule is CCCOC(=O)c1ccc2[nH]c(C)c(C[NH+]3CCCC[C@H]3CC)c(=O)c2c1. The summed E-state index contributed by atoms with van der Waals surface area (Å²) in [7, 11) is 0. The maximum absolute atomic E-state index is 13.2. The van der Waals surface area contributed by atoms with E-state index in [2.05, 4.69) is 11.9 Å². The van der Waals surface area contributed by atoms with Gasteiger partial charge in [-0.1, -0.05) is 13.8 Å². The number of aryl methyl sites for hydroxylation is 1. The van der Waals surface area contributed by atoms with Crippen LogP contribution in [0.2, 0.25) is 0 Å². The molecule has 0 amide bonds. The molecule has 2 aromatic rings. The second kappa shape index (κ2) is 8.70. The Labute approximate surface area is 160 Å². The van der Waals surface area contributed by atoms with Gasteiger partial charge in [0.1, 0.15) is 6.54 Å². The average molecular weight is 372 g/mol. The van der Waals surface area contributed by atoms with Crippen LogP contribution >= 0.6 is 0 Å². The number of aromatic amines is 1. The molecule has 0 aliphatic carbocycles. The standard InChI is InChI=1S/C22H30N2O3/c1-4-12-27-22(26)16-9-10-20-18(13-16)21(25)19(15(3)23-20)14-24-11-7-6-8-17(24)5-2/h9-10,13,17H,4-8,11-12,14H2,1-3H3,(H,23,25)/p+1/t17-/m1/s1. The highest BCUT2D eigenvalue weighted by atomic mass is 16.5. The van der Waals surface area contributed by atoms with Gasteiger partial charge in [0.15, 0.2) is 5.43 Å². The summed E-state index contributed by atoms with van der Waals surface area (Å²) in [5, 5.41) is 0.575. The van der Waals surface area contributed by atoms with E-state index in [1.807, 2.05) is 13.8 Å². The first kappa shape index (κ1) is 19.6. The second-order valence-corrected chi connectivity index (χ2v) is 7.64. The predicted octanol–water partition coefficient (Wildman–Crippen LogP) is 2.75. The summed E-state index contributed by atoms with van der Waals surface area (Å²) in [6, 6.07) is 5.83. The fourth-order valence-corrected chi connectivity index (χ4v) is 4.17. The topological polar surface area (TPSA) is 63.6 Å². The van der Waals surface area contributed by atoms with E-state index >= 15 is 0 Å². The van der Waals surface area contributed by atoms with E-state index in [0.717, 1.165) is 42.7 Å². The Kier molecular flexibility index (Phi) is 6.32. The van der Waals surface area contributed by atoms with Crippen molar-refractivity contribution in [2.75, 3.05) is 13.2 Å². The highest BCUT2D eigenvalue weighted by molar-refractivity contribution is 5.94. The largest absolute Gasteiger partial charge is 0.462 e. The summed E-state index contributed by atoms with van der Waals surface area (Å²) in [6.45, 7) is 8.44. The van der Waals surface area contributed by atoms with Crippen LogP contribution in [0.4, 0.5) is 0 Å². The van der Waals surface area contributed by atoms with E-state index in [0.29, 0.717) is 23.6 Å². The average Bonchev–Trinajstić information content (AvgIpc) is 2.69. The molecule has 0 bridgehead atoms. The summed E-state index contributed by atoms with van der Waals surface area (Å²) < 4.78 is 5.21. The van der Waals surface area contributed by atoms with Crippen LogP contribution in [0.5, 0.6) is 0 Å². The zero-order valence-corrected chi connectivity index (χ0v) is 16.7. The minimum Gasteiger partial charge on any atom is -0.462 e. The maximum Gasteiger partial charge on any atom is 0.338 e. The number of piperidine rings is 1. The maximum atomic E-state index is 13.2. The van der Waals surface area contributed by atoms with E-state index < -0.39 is 0 Å². The van der Waals surface area contributed by atoms with Gasteiger partial charge >= 0.3 is 5.97 Å². The van der Waals surface area contributed by atoms with Gasteiger partial charge in [-0.05, 0) is 57.2 Å². The molecule has 0 radical (unpaired) electrons. The molecular formula is C22H31N2O3+. The number of hydrogen-bond donors (Lipinski definition) is 2. The van der Waals surface area contributed by atoms with Crippen LogP contribution in [0, 0.1) is 6.92 Å². The number of pyridine rings is 1. The normalized spacial score (nSPS) is 20.0. The number of likely N-dealkylation sites (tertiary alicyclic amines) is 1. The Morgan fingerprint density at radius 2 is 2.11 bits per heavy atom. The molecule has 3 rings (SSSR count). The first-order valence-corrected chi connectivity index (χ1v) is 10.2. The number of hydrogen-bond acceptors (Lipinski definition) is 3. The van der Waals surface area contributed by atoms with Crippen molar-refractivity contribution in [3.05, 3.63) is 45.2 Å². The van der Waals surface area contributed by atoms with Crippen LogP contribution in [0.1, 0.15) is 67.6 Å². The van der Waals surface area contributed by atoms with E-state index in [-0.39, 0.29) is 11.4 Å². The zero-order chi connectivity index (χ0) is 19.4. The van der Waals surface area contributed by atoms with Crippen molar-refractivity contribution in [3.8, 4) is 0 Å². The highest BCUT2D eigenvalue weighted by Gasteiger charge is 2.26. The molecule has 0 spiro atoms. The summed E-state index contributed by atoms with van der Waals surface area (Å²) in [6.07, 6.45) is 5.68. The number of nitrogens with one attached hydrogen (secondary N) is 2. The molecule has 1 aromatic heterocycles. The molecule has 5 nitrogen and oxygen atoms in total. The molecule has 2 heterocycles. The summed E-state index contributed by atoms with van der Waals surface area (Å²) in [4.78, 5) is 30.3. The number of H-pyrrole nitrogens is 1. The number of quaternary nitrogens is 1. The number of aromatic nitrogens is 1. The number of esters is 1. The van der Waals surface area contributed by atoms with Gasteiger partial charge in [0, 0.05) is 16.6 Å². The van der Waals surface area contributed by atoms with E-state index in [4.69, 9.17) is 4.74 Å². The van der Waals surface area contributed by atoms with Crippen molar-refractivity contribution < 1.29 is 14.4 Å². The molecule has 1 saturated heterocycles. The lowest BCUT2D eigenvalue weighted by molar-refractivity contribution is -0.944. The van der Waals surface area contributed by atoms with Gasteiger partial charge in [-0.15, -0.1) is 0 Å². The van der Waals surface area contributed by atoms with Crippen molar-refractivity contribution in [1.29, 1.82) is 0 Å². The van der Waals surface area contributed by atoms with Gasteiger partial charge in [0.25, 0.3) is 0 Å². The van der Waals surface area contributed by atoms with Crippen LogP contribution in [-0.4, -0.2) is 30.1 Å². The minimum absolute atomic E-state index is 0.0410. The number of benzene rings is 1.